The quantitative estimate of drug-likeness (QED) is 0.0757. The van der Waals surface area contributed by atoms with Crippen LogP contribution in [-0.4, -0.2) is 35.2 Å². The van der Waals surface area contributed by atoms with E-state index < -0.39 is 17.5 Å². The average Bonchev–Trinajstić information content (AvgIpc) is 3.01. The van der Waals surface area contributed by atoms with Gasteiger partial charge in [0.25, 0.3) is 0 Å². The third kappa shape index (κ3) is 6.72. The van der Waals surface area contributed by atoms with Gasteiger partial charge in [-0.2, -0.15) is 0 Å². The Hall–Kier alpha value is -4.79. The average molecular weight is 600 g/mol. The van der Waals surface area contributed by atoms with E-state index in [0.29, 0.717) is 30.1 Å². The fraction of sp³-hybridized carbons (Fsp3) is 0.343. The van der Waals surface area contributed by atoms with E-state index in [2.05, 4.69) is 19.2 Å². The number of aromatic hydroxyl groups is 1. The predicted octanol–water partition coefficient (Wildman–Crippen LogP) is 6.13. The molecule has 0 amide bonds. The van der Waals surface area contributed by atoms with E-state index in [0.717, 1.165) is 57.4 Å². The number of ether oxygens (including phenoxy) is 3. The minimum absolute atomic E-state index is 0.187. The van der Waals surface area contributed by atoms with Gasteiger partial charge in [-0.15, -0.1) is 0 Å². The van der Waals surface area contributed by atoms with Crippen molar-refractivity contribution in [1.29, 1.82) is 5.41 Å². The number of hydrogen-bond acceptors (Lipinski definition) is 7. The molecule has 0 spiro atoms. The number of carbonyl (C=O) groups excluding carboxylic acids is 2. The topological polar surface area (TPSA) is 144 Å². The van der Waals surface area contributed by atoms with Gasteiger partial charge in [-0.05, 0) is 110 Å². The zero-order valence-electron chi connectivity index (χ0n) is 26.2. The van der Waals surface area contributed by atoms with Crippen molar-refractivity contribution in [3.05, 3.63) is 81.9 Å². The first-order chi connectivity index (χ1) is 20.9. The highest BCUT2D eigenvalue weighted by Gasteiger charge is 2.42. The molecule has 0 aromatic heterocycles. The van der Waals surface area contributed by atoms with Crippen LogP contribution in [0.2, 0.25) is 0 Å². The third-order valence-electron chi connectivity index (χ3n) is 8.29. The highest BCUT2D eigenvalue weighted by molar-refractivity contribution is 5.91. The molecule has 3 aromatic rings. The fourth-order valence-electron chi connectivity index (χ4n) is 5.57. The van der Waals surface area contributed by atoms with Gasteiger partial charge in [-0.25, -0.2) is 9.59 Å². The van der Waals surface area contributed by atoms with Crippen LogP contribution < -0.4 is 25.3 Å². The van der Waals surface area contributed by atoms with Crippen LogP contribution in [0.5, 0.6) is 23.0 Å². The standard InChI is InChI=1S/C35H41N3O6/c1-7-27(23-9-13-25(14-10-23)42-30(39)19-38-34(36)37)28(8-2)24-11-15-26(16-12-24)43-33(41)35(6)18-17-29-22(5)31(40)20(3)21(4)32(29)44-35/h9-16,40H,7-8,17-19H2,1-6H3,(H4,36,37,38)/b28-27+. The highest BCUT2D eigenvalue weighted by Crippen LogP contribution is 2.43. The Kier molecular flexibility index (Phi) is 9.67. The zero-order valence-corrected chi connectivity index (χ0v) is 26.2. The van der Waals surface area contributed by atoms with Crippen molar-refractivity contribution in [2.24, 2.45) is 5.73 Å². The molecule has 0 fully saturated rings. The number of phenols is 1. The lowest BCUT2D eigenvalue weighted by atomic mass is 9.87. The Labute approximate surface area is 258 Å². The van der Waals surface area contributed by atoms with Crippen molar-refractivity contribution in [3.63, 3.8) is 0 Å². The lowest BCUT2D eigenvalue weighted by Gasteiger charge is -2.35. The van der Waals surface area contributed by atoms with Crippen LogP contribution >= 0.6 is 0 Å². The van der Waals surface area contributed by atoms with Gasteiger partial charge < -0.3 is 30.4 Å². The molecule has 3 aromatic carbocycles. The maximum absolute atomic E-state index is 13.4. The molecule has 0 radical (unpaired) electrons. The maximum Gasteiger partial charge on any atom is 0.355 e. The fourth-order valence-corrected chi connectivity index (χ4v) is 5.57. The molecule has 9 nitrogen and oxygen atoms in total. The smallest absolute Gasteiger partial charge is 0.355 e. The number of phenolic OH excluding ortho intramolecular Hbond substituents is 1. The number of nitrogens with two attached hydrogens (primary N) is 1. The van der Waals surface area contributed by atoms with E-state index in [1.165, 1.54) is 0 Å². The van der Waals surface area contributed by atoms with E-state index in [-0.39, 0.29) is 18.3 Å². The second kappa shape index (κ2) is 13.2. The van der Waals surface area contributed by atoms with Crippen LogP contribution in [0.4, 0.5) is 0 Å². The monoisotopic (exact) mass is 599 g/mol. The summed E-state index contributed by atoms with van der Waals surface area (Å²) in [7, 11) is 0. The minimum Gasteiger partial charge on any atom is -0.507 e. The second-order valence-corrected chi connectivity index (χ2v) is 11.2. The summed E-state index contributed by atoms with van der Waals surface area (Å²) in [4.78, 5) is 25.3. The van der Waals surface area contributed by atoms with Gasteiger partial charge in [0.05, 0.1) is 0 Å². The molecule has 44 heavy (non-hydrogen) atoms. The largest absolute Gasteiger partial charge is 0.507 e. The van der Waals surface area contributed by atoms with E-state index in [4.69, 9.17) is 25.4 Å². The number of esters is 2. The normalized spacial score (nSPS) is 16.2. The first-order valence-corrected chi connectivity index (χ1v) is 14.8. The molecule has 1 atom stereocenters. The molecule has 1 aliphatic heterocycles. The van der Waals surface area contributed by atoms with Crippen molar-refractivity contribution < 1.29 is 28.9 Å². The minimum atomic E-state index is -1.15. The van der Waals surface area contributed by atoms with Gasteiger partial charge in [0, 0.05) is 12.0 Å². The predicted molar refractivity (Wildman–Crippen MR) is 171 cm³/mol. The van der Waals surface area contributed by atoms with Crippen LogP contribution in [0.1, 0.15) is 73.4 Å². The molecular formula is C35H41N3O6. The molecule has 5 N–H and O–H groups in total. The molecule has 0 bridgehead atoms. The molecular weight excluding hydrogens is 558 g/mol. The third-order valence-corrected chi connectivity index (χ3v) is 8.29. The number of nitrogens with one attached hydrogen (secondary N) is 2. The number of rotatable bonds is 9. The van der Waals surface area contributed by atoms with E-state index in [1.807, 2.05) is 45.0 Å². The molecule has 1 aliphatic rings. The number of carbonyl (C=O) groups is 2. The molecule has 1 heterocycles. The molecule has 232 valence electrons. The Morgan fingerprint density at radius 1 is 0.909 bits per heavy atom. The van der Waals surface area contributed by atoms with Crippen LogP contribution in [0, 0.1) is 26.2 Å². The molecule has 0 aliphatic carbocycles. The Bertz CT molecular complexity index is 1610. The van der Waals surface area contributed by atoms with Crippen molar-refractivity contribution in [3.8, 4) is 23.0 Å². The van der Waals surface area contributed by atoms with Crippen molar-refractivity contribution in [2.45, 2.75) is 72.8 Å². The molecule has 0 saturated carbocycles. The van der Waals surface area contributed by atoms with Crippen molar-refractivity contribution >= 4 is 29.0 Å². The van der Waals surface area contributed by atoms with Gasteiger partial charge in [-0.3, -0.25) is 5.41 Å². The van der Waals surface area contributed by atoms with Gasteiger partial charge in [0.2, 0.25) is 5.60 Å². The molecule has 4 rings (SSSR count). The number of hydrogen-bond donors (Lipinski definition) is 4. The van der Waals surface area contributed by atoms with Crippen LogP contribution in [0.25, 0.3) is 11.1 Å². The number of benzene rings is 3. The highest BCUT2D eigenvalue weighted by atomic mass is 16.6. The summed E-state index contributed by atoms with van der Waals surface area (Å²) >= 11 is 0. The summed E-state index contributed by atoms with van der Waals surface area (Å²) in [6.45, 7) is 11.4. The Balaban J connectivity index is 1.49. The lowest BCUT2D eigenvalue weighted by molar-refractivity contribution is -0.152. The van der Waals surface area contributed by atoms with E-state index in [1.54, 1.807) is 31.2 Å². The summed E-state index contributed by atoms with van der Waals surface area (Å²) in [5, 5.41) is 20.0. The summed E-state index contributed by atoms with van der Waals surface area (Å²) in [5.41, 5.74) is 11.7. The Morgan fingerprint density at radius 3 is 1.93 bits per heavy atom. The van der Waals surface area contributed by atoms with Crippen LogP contribution in [0.15, 0.2) is 48.5 Å². The molecule has 1 unspecified atom stereocenters. The first kappa shape index (κ1) is 32.1. The van der Waals surface area contributed by atoms with Gasteiger partial charge >= 0.3 is 11.9 Å². The summed E-state index contributed by atoms with van der Waals surface area (Å²) < 4.78 is 17.4. The molecule has 0 saturated heterocycles. The number of guanidine groups is 1. The van der Waals surface area contributed by atoms with E-state index >= 15 is 0 Å². The summed E-state index contributed by atoms with van der Waals surface area (Å²) in [5.74, 6) is 0.473. The summed E-state index contributed by atoms with van der Waals surface area (Å²) in [6.07, 6.45) is 2.62. The van der Waals surface area contributed by atoms with Gasteiger partial charge in [0.1, 0.15) is 29.5 Å². The van der Waals surface area contributed by atoms with E-state index in [9.17, 15) is 14.7 Å². The van der Waals surface area contributed by atoms with Gasteiger partial charge in [0.15, 0.2) is 5.96 Å². The molecule has 9 heteroatoms. The van der Waals surface area contributed by atoms with Crippen molar-refractivity contribution in [2.75, 3.05) is 6.54 Å². The SMILES string of the molecule is CC/C(=C(/CC)c1ccc(OC(=O)C2(C)CCc3c(C)c(O)c(C)c(C)c3O2)cc1)c1ccc(OC(=O)CNC(=N)N)cc1. The zero-order chi connectivity index (χ0) is 32.2. The van der Waals surface area contributed by atoms with Crippen molar-refractivity contribution in [1.82, 2.24) is 5.32 Å². The summed E-state index contributed by atoms with van der Waals surface area (Å²) in [6, 6.07) is 14.8. The van der Waals surface area contributed by atoms with Crippen LogP contribution in [-0.2, 0) is 16.0 Å². The maximum atomic E-state index is 13.4. The lowest BCUT2D eigenvalue weighted by Crippen LogP contribution is -2.47. The Morgan fingerprint density at radius 2 is 1.43 bits per heavy atom. The number of allylic oxidation sites excluding steroid dienone is 2. The number of fused-ring (bicyclic) bond motifs is 1. The first-order valence-electron chi connectivity index (χ1n) is 14.8. The van der Waals surface area contributed by atoms with Gasteiger partial charge in [-0.1, -0.05) is 38.1 Å². The van der Waals surface area contributed by atoms with Crippen LogP contribution in [0.3, 0.4) is 0 Å². The second-order valence-electron chi connectivity index (χ2n) is 11.2.